The fraction of sp³-hybridized carbons (Fsp3) is 0.150. The largest absolute Gasteiger partial charge is 0.436 e. The van der Waals surface area contributed by atoms with Crippen molar-refractivity contribution >= 4 is 38.2 Å². The molecular weight excluding hydrogens is 372 g/mol. The van der Waals surface area contributed by atoms with Gasteiger partial charge in [0.05, 0.1) is 10.2 Å². The minimum Gasteiger partial charge on any atom is -0.436 e. The molecule has 5 rings (SSSR count). The predicted molar refractivity (Wildman–Crippen MR) is 112 cm³/mol. The highest BCUT2D eigenvalue weighted by molar-refractivity contribution is 7.22. The average Bonchev–Trinajstić information content (AvgIpc) is 3.10. The smallest absolute Gasteiger partial charge is 0.263 e. The standard InChI is InChI=1S/C20H18N6OS/c21-13-11-26(12-13)18-19(23-10-9-22-18)27-15-7-5-14(6-8-15)24-20-25-16-3-1-2-4-17(16)28-20/h1-10,13H,11-12,21H2,(H,24,25). The molecule has 3 heterocycles. The highest BCUT2D eigenvalue weighted by Gasteiger charge is 2.27. The summed E-state index contributed by atoms with van der Waals surface area (Å²) in [5, 5.41) is 4.20. The summed E-state index contributed by atoms with van der Waals surface area (Å²) in [4.78, 5) is 15.4. The van der Waals surface area contributed by atoms with Crippen LogP contribution in [-0.4, -0.2) is 34.1 Å². The van der Waals surface area contributed by atoms with Crippen molar-refractivity contribution in [2.75, 3.05) is 23.3 Å². The van der Waals surface area contributed by atoms with E-state index in [9.17, 15) is 0 Å². The first kappa shape index (κ1) is 16.9. The van der Waals surface area contributed by atoms with E-state index in [0.717, 1.165) is 39.9 Å². The number of nitrogens with zero attached hydrogens (tertiary/aromatic N) is 4. The molecule has 8 heteroatoms. The molecule has 0 amide bonds. The number of rotatable bonds is 5. The molecule has 0 bridgehead atoms. The third-order valence-corrected chi connectivity index (χ3v) is 5.42. The second kappa shape index (κ2) is 7.06. The number of ether oxygens (including phenoxy) is 1. The van der Waals surface area contributed by atoms with E-state index in [4.69, 9.17) is 10.5 Å². The summed E-state index contributed by atoms with van der Waals surface area (Å²) in [6, 6.07) is 16.0. The van der Waals surface area contributed by atoms with Gasteiger partial charge >= 0.3 is 0 Å². The number of nitrogens with two attached hydrogens (primary N) is 1. The van der Waals surface area contributed by atoms with Crippen molar-refractivity contribution in [2.24, 2.45) is 5.73 Å². The molecule has 1 aliphatic rings. The molecule has 0 radical (unpaired) electrons. The highest BCUT2D eigenvalue weighted by atomic mass is 32.1. The molecule has 2 aromatic carbocycles. The molecular formula is C20H18N6OS. The molecule has 140 valence electrons. The molecule has 0 aliphatic carbocycles. The number of nitrogens with one attached hydrogen (secondary N) is 1. The summed E-state index contributed by atoms with van der Waals surface area (Å²) in [5.74, 6) is 1.91. The van der Waals surface area contributed by atoms with Gasteiger partial charge in [-0.15, -0.1) is 0 Å². The fourth-order valence-electron chi connectivity index (χ4n) is 3.06. The Bertz CT molecular complexity index is 1070. The zero-order valence-electron chi connectivity index (χ0n) is 14.9. The third kappa shape index (κ3) is 3.35. The van der Waals surface area contributed by atoms with Crippen LogP contribution in [0.5, 0.6) is 11.6 Å². The van der Waals surface area contributed by atoms with E-state index in [1.807, 2.05) is 42.5 Å². The first-order chi connectivity index (χ1) is 13.7. The Kier molecular flexibility index (Phi) is 4.27. The Morgan fingerprint density at radius 2 is 1.82 bits per heavy atom. The van der Waals surface area contributed by atoms with Crippen molar-refractivity contribution in [1.29, 1.82) is 0 Å². The molecule has 0 saturated carbocycles. The topological polar surface area (TPSA) is 89.2 Å². The molecule has 2 aromatic heterocycles. The number of hydrogen-bond acceptors (Lipinski definition) is 8. The second-order valence-corrected chi connectivity index (χ2v) is 7.62. The van der Waals surface area contributed by atoms with Crippen LogP contribution in [0.2, 0.25) is 0 Å². The summed E-state index contributed by atoms with van der Waals surface area (Å²) >= 11 is 1.63. The van der Waals surface area contributed by atoms with Crippen LogP contribution >= 0.6 is 11.3 Å². The molecule has 1 aliphatic heterocycles. The number of para-hydroxylation sites is 1. The van der Waals surface area contributed by atoms with Crippen LogP contribution in [0.1, 0.15) is 0 Å². The molecule has 1 fully saturated rings. The normalized spacial score (nSPS) is 14.1. The molecule has 28 heavy (non-hydrogen) atoms. The molecule has 3 N–H and O–H groups in total. The van der Waals surface area contributed by atoms with Crippen LogP contribution in [0.25, 0.3) is 10.2 Å². The quantitative estimate of drug-likeness (QED) is 0.536. The van der Waals surface area contributed by atoms with E-state index in [0.29, 0.717) is 11.6 Å². The van der Waals surface area contributed by atoms with Gasteiger partial charge < -0.3 is 20.7 Å². The van der Waals surface area contributed by atoms with Gasteiger partial charge in [-0.05, 0) is 36.4 Å². The number of fused-ring (bicyclic) bond motifs is 1. The monoisotopic (exact) mass is 390 g/mol. The van der Waals surface area contributed by atoms with Crippen LogP contribution in [0, 0.1) is 0 Å². The van der Waals surface area contributed by atoms with E-state index < -0.39 is 0 Å². The number of benzene rings is 2. The van der Waals surface area contributed by atoms with Gasteiger partial charge in [-0.1, -0.05) is 23.5 Å². The summed E-state index contributed by atoms with van der Waals surface area (Å²) < 4.78 is 7.12. The van der Waals surface area contributed by atoms with Crippen LogP contribution < -0.4 is 20.7 Å². The lowest BCUT2D eigenvalue weighted by molar-refractivity contribution is 0.445. The van der Waals surface area contributed by atoms with Crippen molar-refractivity contribution in [3.05, 3.63) is 60.9 Å². The van der Waals surface area contributed by atoms with Crippen molar-refractivity contribution < 1.29 is 4.74 Å². The number of aromatic nitrogens is 3. The third-order valence-electron chi connectivity index (χ3n) is 4.47. The van der Waals surface area contributed by atoms with Crippen LogP contribution in [0.15, 0.2) is 60.9 Å². The summed E-state index contributed by atoms with van der Waals surface area (Å²) in [6.45, 7) is 1.53. The van der Waals surface area contributed by atoms with Gasteiger partial charge in [0.25, 0.3) is 5.88 Å². The SMILES string of the molecule is NC1CN(c2nccnc2Oc2ccc(Nc3nc4ccccc4s3)cc2)C1. The van der Waals surface area contributed by atoms with Crippen molar-refractivity contribution in [3.8, 4) is 11.6 Å². The zero-order chi connectivity index (χ0) is 18.9. The number of anilines is 3. The molecule has 4 aromatic rings. The summed E-state index contributed by atoms with van der Waals surface area (Å²) in [5.41, 5.74) is 7.81. The zero-order valence-corrected chi connectivity index (χ0v) is 15.8. The van der Waals surface area contributed by atoms with Gasteiger partial charge in [0.15, 0.2) is 10.9 Å². The maximum absolute atomic E-state index is 5.96. The van der Waals surface area contributed by atoms with E-state index in [2.05, 4.69) is 31.2 Å². The maximum atomic E-state index is 5.96. The van der Waals surface area contributed by atoms with Crippen LogP contribution in [0.4, 0.5) is 16.6 Å². The summed E-state index contributed by atoms with van der Waals surface area (Å²) in [7, 11) is 0. The Hall–Kier alpha value is -3.23. The van der Waals surface area contributed by atoms with Crippen LogP contribution in [0.3, 0.4) is 0 Å². The lowest BCUT2D eigenvalue weighted by atomic mass is 10.1. The fourth-order valence-corrected chi connectivity index (χ4v) is 3.95. The second-order valence-electron chi connectivity index (χ2n) is 6.59. The first-order valence-corrected chi connectivity index (χ1v) is 9.78. The van der Waals surface area contributed by atoms with Gasteiger partial charge in [0.2, 0.25) is 0 Å². The van der Waals surface area contributed by atoms with E-state index in [1.54, 1.807) is 23.7 Å². The Morgan fingerprint density at radius 1 is 1.04 bits per heavy atom. The van der Waals surface area contributed by atoms with Crippen molar-refractivity contribution in [2.45, 2.75) is 6.04 Å². The van der Waals surface area contributed by atoms with Crippen molar-refractivity contribution in [1.82, 2.24) is 15.0 Å². The minimum absolute atomic E-state index is 0.183. The Labute approximate surface area is 165 Å². The highest BCUT2D eigenvalue weighted by Crippen LogP contribution is 2.32. The summed E-state index contributed by atoms with van der Waals surface area (Å²) in [6.07, 6.45) is 3.29. The van der Waals surface area contributed by atoms with Gasteiger partial charge in [-0.25, -0.2) is 15.0 Å². The Balaban J connectivity index is 1.30. The molecule has 7 nitrogen and oxygen atoms in total. The van der Waals surface area contributed by atoms with E-state index in [1.165, 1.54) is 0 Å². The van der Waals surface area contributed by atoms with Crippen LogP contribution in [-0.2, 0) is 0 Å². The lowest BCUT2D eigenvalue weighted by Gasteiger charge is -2.37. The number of hydrogen-bond donors (Lipinski definition) is 2. The molecule has 0 unspecified atom stereocenters. The van der Waals surface area contributed by atoms with Gasteiger partial charge in [-0.3, -0.25) is 0 Å². The van der Waals surface area contributed by atoms with Gasteiger partial charge in [0.1, 0.15) is 5.75 Å². The van der Waals surface area contributed by atoms with Gasteiger partial charge in [0, 0.05) is 37.2 Å². The lowest BCUT2D eigenvalue weighted by Crippen LogP contribution is -2.56. The first-order valence-electron chi connectivity index (χ1n) is 8.97. The number of thiazole rings is 1. The molecule has 1 saturated heterocycles. The minimum atomic E-state index is 0.183. The van der Waals surface area contributed by atoms with E-state index >= 15 is 0 Å². The van der Waals surface area contributed by atoms with Crippen molar-refractivity contribution in [3.63, 3.8) is 0 Å². The van der Waals surface area contributed by atoms with E-state index in [-0.39, 0.29) is 6.04 Å². The molecule has 0 spiro atoms. The maximum Gasteiger partial charge on any atom is 0.263 e. The Morgan fingerprint density at radius 3 is 2.61 bits per heavy atom. The van der Waals surface area contributed by atoms with Gasteiger partial charge in [-0.2, -0.15) is 0 Å². The predicted octanol–water partition coefficient (Wildman–Crippen LogP) is 3.77. The average molecular weight is 390 g/mol. The molecule has 0 atom stereocenters.